The van der Waals surface area contributed by atoms with Crippen molar-refractivity contribution in [3.63, 3.8) is 0 Å². The van der Waals surface area contributed by atoms with E-state index in [4.69, 9.17) is 4.74 Å². The van der Waals surface area contributed by atoms with E-state index >= 15 is 0 Å². The van der Waals surface area contributed by atoms with Crippen molar-refractivity contribution in [3.8, 4) is 5.75 Å². The number of carbonyl (C=O) groups excluding carboxylic acids is 2. The lowest BCUT2D eigenvalue weighted by Crippen LogP contribution is -2.27. The Hall–Kier alpha value is -3.35. The van der Waals surface area contributed by atoms with Crippen molar-refractivity contribution in [1.29, 1.82) is 0 Å². The van der Waals surface area contributed by atoms with Crippen LogP contribution in [0.4, 0.5) is 5.69 Å². The molecule has 0 atom stereocenters. The molecule has 0 aromatic heterocycles. The smallest absolute Gasteiger partial charge is 0.335 e. The minimum Gasteiger partial charge on any atom is -0.495 e. The highest BCUT2D eigenvalue weighted by Gasteiger charge is 2.21. The number of hydrogen-bond donors (Lipinski definition) is 2. The van der Waals surface area contributed by atoms with Crippen molar-refractivity contribution in [2.45, 2.75) is 19.3 Å². The van der Waals surface area contributed by atoms with Crippen LogP contribution in [-0.4, -0.2) is 48.0 Å². The number of likely N-dealkylation sites (tertiary alicyclic amines) is 1. The molecular formula is C21H22N2O5. The van der Waals surface area contributed by atoms with Gasteiger partial charge in [0.1, 0.15) is 5.75 Å². The first kappa shape index (κ1) is 19.4. The van der Waals surface area contributed by atoms with E-state index in [1.54, 1.807) is 41.3 Å². The molecule has 0 radical (unpaired) electrons. The van der Waals surface area contributed by atoms with Gasteiger partial charge in [-0.25, -0.2) is 4.79 Å². The number of carboxylic acid groups (broad SMARTS) is 1. The summed E-state index contributed by atoms with van der Waals surface area (Å²) in [4.78, 5) is 38.2. The highest BCUT2D eigenvalue weighted by molar-refractivity contribution is 6.00. The summed E-state index contributed by atoms with van der Waals surface area (Å²) in [6.45, 7) is 1.47. The molecule has 146 valence electrons. The van der Waals surface area contributed by atoms with Gasteiger partial charge in [0.2, 0.25) is 5.91 Å². The van der Waals surface area contributed by atoms with Crippen molar-refractivity contribution in [1.82, 2.24) is 4.90 Å². The predicted molar refractivity (Wildman–Crippen MR) is 104 cm³/mol. The van der Waals surface area contributed by atoms with Crippen molar-refractivity contribution in [2.75, 3.05) is 25.5 Å². The van der Waals surface area contributed by atoms with Crippen LogP contribution in [0.15, 0.2) is 42.5 Å². The molecule has 1 aliphatic heterocycles. The third-order valence-corrected chi connectivity index (χ3v) is 4.71. The molecule has 7 heteroatoms. The zero-order valence-corrected chi connectivity index (χ0v) is 15.6. The third-order valence-electron chi connectivity index (χ3n) is 4.71. The number of rotatable bonds is 6. The molecule has 0 unspecified atom stereocenters. The lowest BCUT2D eigenvalue weighted by molar-refractivity contribution is -0.115. The van der Waals surface area contributed by atoms with Gasteiger partial charge in [-0.3, -0.25) is 9.59 Å². The minimum absolute atomic E-state index is 0.0770. The predicted octanol–water partition coefficient (Wildman–Crippen LogP) is 2.81. The molecule has 1 heterocycles. The molecule has 0 spiro atoms. The Morgan fingerprint density at radius 3 is 2.50 bits per heavy atom. The van der Waals surface area contributed by atoms with Crippen molar-refractivity contribution in [3.05, 3.63) is 59.2 Å². The van der Waals surface area contributed by atoms with Crippen LogP contribution < -0.4 is 10.1 Å². The largest absolute Gasteiger partial charge is 0.495 e. The molecule has 1 saturated heterocycles. The maximum absolute atomic E-state index is 12.6. The Bertz CT molecular complexity index is 903. The number of hydrogen-bond acceptors (Lipinski definition) is 4. The highest BCUT2D eigenvalue weighted by atomic mass is 16.5. The van der Waals surface area contributed by atoms with Crippen molar-refractivity contribution in [2.24, 2.45) is 0 Å². The van der Waals surface area contributed by atoms with Crippen molar-refractivity contribution >= 4 is 23.5 Å². The summed E-state index contributed by atoms with van der Waals surface area (Å²) in [5.41, 5.74) is 1.35. The number of methoxy groups -OCH3 is 1. The van der Waals surface area contributed by atoms with Crippen LogP contribution in [0.5, 0.6) is 5.75 Å². The molecular weight excluding hydrogens is 360 g/mol. The van der Waals surface area contributed by atoms with Crippen LogP contribution in [0, 0.1) is 0 Å². The Kier molecular flexibility index (Phi) is 5.93. The summed E-state index contributed by atoms with van der Waals surface area (Å²) in [7, 11) is 1.48. The summed E-state index contributed by atoms with van der Waals surface area (Å²) < 4.78 is 5.28. The van der Waals surface area contributed by atoms with E-state index in [0.29, 0.717) is 22.6 Å². The van der Waals surface area contributed by atoms with E-state index in [2.05, 4.69) is 5.32 Å². The van der Waals surface area contributed by atoms with Gasteiger partial charge >= 0.3 is 5.97 Å². The molecule has 0 aliphatic carbocycles. The fraction of sp³-hybridized carbons (Fsp3) is 0.286. The molecule has 2 aromatic rings. The lowest BCUT2D eigenvalue weighted by atomic mass is 10.0. The Morgan fingerprint density at radius 2 is 1.82 bits per heavy atom. The van der Waals surface area contributed by atoms with Gasteiger partial charge in [-0.15, -0.1) is 0 Å². The monoisotopic (exact) mass is 382 g/mol. The number of anilines is 1. The second-order valence-electron chi connectivity index (χ2n) is 6.60. The first-order chi connectivity index (χ1) is 13.5. The van der Waals surface area contributed by atoms with Crippen LogP contribution in [0.2, 0.25) is 0 Å². The molecule has 2 aromatic carbocycles. The Balaban J connectivity index is 1.79. The van der Waals surface area contributed by atoms with Crippen LogP contribution >= 0.6 is 0 Å². The fourth-order valence-corrected chi connectivity index (χ4v) is 3.29. The molecule has 1 aliphatic rings. The van der Waals surface area contributed by atoms with E-state index in [-0.39, 0.29) is 17.9 Å². The van der Waals surface area contributed by atoms with Gasteiger partial charge in [0.15, 0.2) is 0 Å². The zero-order valence-electron chi connectivity index (χ0n) is 15.6. The number of aromatic carboxylic acids is 1. The molecule has 1 fully saturated rings. The minimum atomic E-state index is -1.08. The molecule has 0 saturated carbocycles. The number of benzene rings is 2. The normalized spacial score (nSPS) is 13.2. The summed E-state index contributed by atoms with van der Waals surface area (Å²) >= 11 is 0. The van der Waals surface area contributed by atoms with E-state index in [9.17, 15) is 19.5 Å². The van der Waals surface area contributed by atoms with Crippen molar-refractivity contribution < 1.29 is 24.2 Å². The molecule has 0 bridgehead atoms. The van der Waals surface area contributed by atoms with Crippen LogP contribution in [0.3, 0.4) is 0 Å². The summed E-state index contributed by atoms with van der Waals surface area (Å²) in [5.74, 6) is -1.12. The van der Waals surface area contributed by atoms with Crippen LogP contribution in [0.25, 0.3) is 0 Å². The van der Waals surface area contributed by atoms with Gasteiger partial charge in [0.05, 0.1) is 24.8 Å². The highest BCUT2D eigenvalue weighted by Crippen LogP contribution is 2.27. The zero-order chi connectivity index (χ0) is 20.1. The SMILES string of the molecule is COc1ccc(C(=O)N2CCCC2)cc1NC(=O)Cc1ccccc1C(=O)O. The molecule has 2 amide bonds. The van der Waals surface area contributed by atoms with E-state index in [0.717, 1.165) is 25.9 Å². The van der Waals surface area contributed by atoms with E-state index in [1.165, 1.54) is 13.2 Å². The first-order valence-corrected chi connectivity index (χ1v) is 9.08. The topological polar surface area (TPSA) is 95.9 Å². The second-order valence-corrected chi connectivity index (χ2v) is 6.60. The summed E-state index contributed by atoms with van der Waals surface area (Å²) in [5, 5.41) is 12.0. The van der Waals surface area contributed by atoms with Gasteiger partial charge in [0.25, 0.3) is 5.91 Å². The second kappa shape index (κ2) is 8.56. The standard InChI is InChI=1S/C21H22N2O5/c1-28-18-9-8-15(20(25)23-10-4-5-11-23)12-17(18)22-19(24)13-14-6-2-3-7-16(14)21(26)27/h2-3,6-9,12H,4-5,10-11,13H2,1H3,(H,22,24)(H,26,27). The Labute approximate surface area is 162 Å². The van der Waals surface area contributed by atoms with Gasteiger partial charge in [-0.05, 0) is 42.7 Å². The number of ether oxygens (including phenoxy) is 1. The summed E-state index contributed by atoms with van der Waals surface area (Å²) in [6.07, 6.45) is 1.89. The van der Waals surface area contributed by atoms with Gasteiger partial charge in [0, 0.05) is 18.7 Å². The van der Waals surface area contributed by atoms with Gasteiger partial charge in [-0.1, -0.05) is 18.2 Å². The molecule has 28 heavy (non-hydrogen) atoms. The average molecular weight is 382 g/mol. The average Bonchev–Trinajstić information content (AvgIpc) is 3.22. The lowest BCUT2D eigenvalue weighted by Gasteiger charge is -2.17. The van der Waals surface area contributed by atoms with E-state index in [1.807, 2.05) is 0 Å². The number of carbonyl (C=O) groups is 3. The maximum Gasteiger partial charge on any atom is 0.335 e. The van der Waals surface area contributed by atoms with Crippen LogP contribution in [-0.2, 0) is 11.2 Å². The Morgan fingerprint density at radius 1 is 1.11 bits per heavy atom. The summed E-state index contributed by atoms with van der Waals surface area (Å²) in [6, 6.07) is 11.3. The quantitative estimate of drug-likeness (QED) is 0.801. The molecule has 3 rings (SSSR count). The maximum atomic E-state index is 12.6. The van der Waals surface area contributed by atoms with E-state index < -0.39 is 11.9 Å². The fourth-order valence-electron chi connectivity index (χ4n) is 3.29. The van der Waals surface area contributed by atoms with Crippen LogP contribution in [0.1, 0.15) is 39.1 Å². The first-order valence-electron chi connectivity index (χ1n) is 9.08. The number of nitrogens with one attached hydrogen (secondary N) is 1. The van der Waals surface area contributed by atoms with Gasteiger partial charge in [-0.2, -0.15) is 0 Å². The molecule has 2 N–H and O–H groups in total. The number of nitrogens with zero attached hydrogens (tertiary/aromatic N) is 1. The number of carboxylic acids is 1. The number of amides is 2. The van der Waals surface area contributed by atoms with Gasteiger partial charge < -0.3 is 20.1 Å². The third kappa shape index (κ3) is 4.31. The molecule has 7 nitrogen and oxygen atoms in total.